The van der Waals surface area contributed by atoms with Crippen molar-refractivity contribution in [1.82, 2.24) is 9.97 Å². The number of nitrogens with zero attached hydrogens (tertiary/aromatic N) is 3. The molecule has 138 valence electrons. The monoisotopic (exact) mass is 358 g/mol. The SMILES string of the molecule is Cc1cc(OCC(=O)Nc2ccc(F)cc2)nc(N2CCC[C@@H](C)C2)n1. The fourth-order valence-electron chi connectivity index (χ4n) is 2.98. The van der Waals surface area contributed by atoms with Crippen molar-refractivity contribution in [2.75, 3.05) is 29.9 Å². The molecular weight excluding hydrogens is 335 g/mol. The number of rotatable bonds is 5. The molecule has 1 aromatic carbocycles. The standard InChI is InChI=1S/C19H23FN4O2/c1-13-4-3-9-24(11-13)19-21-14(2)10-18(23-19)26-12-17(25)22-16-7-5-15(20)6-8-16/h5-8,10,13H,3-4,9,11-12H2,1-2H3,(H,22,25)/t13-/m1/s1. The Hall–Kier alpha value is -2.70. The Morgan fingerprint density at radius 2 is 2.12 bits per heavy atom. The third-order valence-corrected chi connectivity index (χ3v) is 4.24. The molecular formula is C19H23FN4O2. The molecule has 1 saturated heterocycles. The Morgan fingerprint density at radius 1 is 1.35 bits per heavy atom. The molecule has 0 unspecified atom stereocenters. The van der Waals surface area contributed by atoms with E-state index in [9.17, 15) is 9.18 Å². The number of carbonyl (C=O) groups is 1. The summed E-state index contributed by atoms with van der Waals surface area (Å²) in [7, 11) is 0. The van der Waals surface area contributed by atoms with E-state index in [1.165, 1.54) is 30.7 Å². The van der Waals surface area contributed by atoms with E-state index < -0.39 is 0 Å². The van der Waals surface area contributed by atoms with Crippen molar-refractivity contribution in [3.8, 4) is 5.88 Å². The summed E-state index contributed by atoms with van der Waals surface area (Å²) in [5.41, 5.74) is 1.31. The van der Waals surface area contributed by atoms with Crippen molar-refractivity contribution in [3.05, 3.63) is 41.8 Å². The zero-order valence-corrected chi connectivity index (χ0v) is 15.0. The Morgan fingerprint density at radius 3 is 2.85 bits per heavy atom. The summed E-state index contributed by atoms with van der Waals surface area (Å²) in [5, 5.41) is 2.65. The maximum Gasteiger partial charge on any atom is 0.262 e. The van der Waals surface area contributed by atoms with Crippen LogP contribution in [0.5, 0.6) is 5.88 Å². The van der Waals surface area contributed by atoms with Gasteiger partial charge in [-0.25, -0.2) is 9.37 Å². The second kappa shape index (κ2) is 8.12. The van der Waals surface area contributed by atoms with Crippen molar-refractivity contribution in [2.45, 2.75) is 26.7 Å². The number of halogens is 1. The van der Waals surface area contributed by atoms with Gasteiger partial charge in [-0.15, -0.1) is 0 Å². The molecule has 0 saturated carbocycles. The number of ether oxygens (including phenoxy) is 1. The number of hydrogen-bond acceptors (Lipinski definition) is 5. The van der Waals surface area contributed by atoms with Gasteiger partial charge in [0, 0.05) is 30.5 Å². The Kier molecular flexibility index (Phi) is 5.65. The molecule has 1 aromatic heterocycles. The molecule has 6 nitrogen and oxygen atoms in total. The normalized spacial score (nSPS) is 17.0. The summed E-state index contributed by atoms with van der Waals surface area (Å²) in [6.07, 6.45) is 2.34. The lowest BCUT2D eigenvalue weighted by molar-refractivity contribution is -0.118. The van der Waals surface area contributed by atoms with E-state index in [1.807, 2.05) is 6.92 Å². The Labute approximate surface area is 152 Å². The molecule has 1 aliphatic heterocycles. The van der Waals surface area contributed by atoms with Crippen LogP contribution >= 0.6 is 0 Å². The topological polar surface area (TPSA) is 67.3 Å². The van der Waals surface area contributed by atoms with Crippen LogP contribution in [0, 0.1) is 18.7 Å². The molecule has 3 rings (SSSR count). The van der Waals surface area contributed by atoms with Gasteiger partial charge in [0.1, 0.15) is 5.82 Å². The van der Waals surface area contributed by atoms with Crippen LogP contribution in [0.3, 0.4) is 0 Å². The van der Waals surface area contributed by atoms with E-state index in [1.54, 1.807) is 6.07 Å². The van der Waals surface area contributed by atoms with Crippen LogP contribution < -0.4 is 15.0 Å². The van der Waals surface area contributed by atoms with Gasteiger partial charge in [0.05, 0.1) is 0 Å². The zero-order valence-electron chi connectivity index (χ0n) is 15.0. The summed E-state index contributed by atoms with van der Waals surface area (Å²) in [5.74, 6) is 0.945. The van der Waals surface area contributed by atoms with Gasteiger partial charge in [-0.1, -0.05) is 6.92 Å². The first kappa shape index (κ1) is 18.1. The fraction of sp³-hybridized carbons (Fsp3) is 0.421. The average Bonchev–Trinajstić information content (AvgIpc) is 2.61. The number of carbonyl (C=O) groups excluding carboxylic acids is 1. The van der Waals surface area contributed by atoms with Crippen molar-refractivity contribution < 1.29 is 13.9 Å². The van der Waals surface area contributed by atoms with Crippen LogP contribution in [0.2, 0.25) is 0 Å². The van der Waals surface area contributed by atoms with Crippen molar-refractivity contribution >= 4 is 17.5 Å². The average molecular weight is 358 g/mol. The van der Waals surface area contributed by atoms with Crippen molar-refractivity contribution in [1.29, 1.82) is 0 Å². The lowest BCUT2D eigenvalue weighted by atomic mass is 10.0. The maximum atomic E-state index is 12.9. The highest BCUT2D eigenvalue weighted by Crippen LogP contribution is 2.22. The van der Waals surface area contributed by atoms with Gasteiger partial charge in [0.2, 0.25) is 11.8 Å². The largest absolute Gasteiger partial charge is 0.467 e. The van der Waals surface area contributed by atoms with Crippen LogP contribution in [0.25, 0.3) is 0 Å². The third-order valence-electron chi connectivity index (χ3n) is 4.24. The minimum Gasteiger partial charge on any atom is -0.467 e. The number of anilines is 2. The zero-order chi connectivity index (χ0) is 18.5. The quantitative estimate of drug-likeness (QED) is 0.889. The molecule has 1 atom stereocenters. The van der Waals surface area contributed by atoms with E-state index in [4.69, 9.17) is 4.74 Å². The minimum atomic E-state index is -0.352. The highest BCUT2D eigenvalue weighted by atomic mass is 19.1. The van der Waals surface area contributed by atoms with Gasteiger partial charge in [-0.2, -0.15) is 4.98 Å². The van der Waals surface area contributed by atoms with Gasteiger partial charge < -0.3 is 15.0 Å². The molecule has 2 aromatic rings. The Bertz CT molecular complexity index is 767. The molecule has 1 aliphatic rings. The summed E-state index contributed by atoms with van der Waals surface area (Å²) < 4.78 is 18.4. The highest BCUT2D eigenvalue weighted by Gasteiger charge is 2.19. The molecule has 0 spiro atoms. The van der Waals surface area contributed by atoms with Gasteiger partial charge in [0.25, 0.3) is 5.91 Å². The molecule has 1 amide bonds. The van der Waals surface area contributed by atoms with Crippen LogP contribution in [0.4, 0.5) is 16.0 Å². The first-order valence-corrected chi connectivity index (χ1v) is 8.78. The predicted octanol–water partition coefficient (Wildman–Crippen LogP) is 3.18. The molecule has 1 fully saturated rings. The fourth-order valence-corrected chi connectivity index (χ4v) is 2.98. The molecule has 26 heavy (non-hydrogen) atoms. The molecule has 7 heteroatoms. The predicted molar refractivity (Wildman–Crippen MR) is 97.9 cm³/mol. The molecule has 2 heterocycles. The van der Waals surface area contributed by atoms with E-state index in [0.717, 1.165) is 25.2 Å². The lowest BCUT2D eigenvalue weighted by Crippen LogP contribution is -2.35. The summed E-state index contributed by atoms with van der Waals surface area (Å²) in [6.45, 7) is 5.78. The van der Waals surface area contributed by atoms with Gasteiger partial charge in [-0.3, -0.25) is 4.79 Å². The van der Waals surface area contributed by atoms with E-state index in [0.29, 0.717) is 23.4 Å². The second-order valence-corrected chi connectivity index (χ2v) is 6.68. The third kappa shape index (κ3) is 4.91. The number of hydrogen-bond donors (Lipinski definition) is 1. The summed E-state index contributed by atoms with van der Waals surface area (Å²) in [4.78, 5) is 23.1. The van der Waals surface area contributed by atoms with Gasteiger partial charge >= 0.3 is 0 Å². The Balaban J connectivity index is 1.60. The number of piperidine rings is 1. The van der Waals surface area contributed by atoms with Crippen molar-refractivity contribution in [3.63, 3.8) is 0 Å². The summed E-state index contributed by atoms with van der Waals surface area (Å²) >= 11 is 0. The number of benzene rings is 1. The van der Waals surface area contributed by atoms with Crippen LogP contribution in [0.15, 0.2) is 30.3 Å². The molecule has 0 radical (unpaired) electrons. The molecule has 1 N–H and O–H groups in total. The smallest absolute Gasteiger partial charge is 0.262 e. The van der Waals surface area contributed by atoms with E-state index in [-0.39, 0.29) is 18.3 Å². The van der Waals surface area contributed by atoms with Crippen molar-refractivity contribution in [2.24, 2.45) is 5.92 Å². The molecule has 0 bridgehead atoms. The van der Waals surface area contributed by atoms with E-state index in [2.05, 4.69) is 27.1 Å². The first-order valence-electron chi connectivity index (χ1n) is 8.78. The maximum absolute atomic E-state index is 12.9. The van der Waals surface area contributed by atoms with Gasteiger partial charge in [0.15, 0.2) is 6.61 Å². The minimum absolute atomic E-state index is 0.177. The second-order valence-electron chi connectivity index (χ2n) is 6.68. The number of amides is 1. The van der Waals surface area contributed by atoms with Crippen LogP contribution in [0.1, 0.15) is 25.5 Å². The first-order chi connectivity index (χ1) is 12.5. The van der Waals surface area contributed by atoms with Crippen LogP contribution in [-0.4, -0.2) is 35.6 Å². The lowest BCUT2D eigenvalue weighted by Gasteiger charge is -2.31. The number of nitrogens with one attached hydrogen (secondary N) is 1. The van der Waals surface area contributed by atoms with E-state index >= 15 is 0 Å². The number of aryl methyl sites for hydroxylation is 1. The van der Waals surface area contributed by atoms with Crippen LogP contribution in [-0.2, 0) is 4.79 Å². The molecule has 0 aliphatic carbocycles. The van der Waals surface area contributed by atoms with Gasteiger partial charge in [-0.05, 0) is 49.9 Å². The number of aromatic nitrogens is 2. The highest BCUT2D eigenvalue weighted by molar-refractivity contribution is 5.91. The summed E-state index contributed by atoms with van der Waals surface area (Å²) in [6, 6.07) is 7.28.